The van der Waals surface area contributed by atoms with Crippen LogP contribution in [0.2, 0.25) is 0 Å². The minimum absolute atomic E-state index is 0.0403. The molecule has 2 N–H and O–H groups in total. The third-order valence-corrected chi connectivity index (χ3v) is 3.59. The first kappa shape index (κ1) is 13.9. The van der Waals surface area contributed by atoms with Crippen LogP contribution in [0, 0.1) is 17.6 Å². The lowest BCUT2D eigenvalue weighted by Crippen LogP contribution is -2.43. The Bertz CT molecular complexity index is 473. The third kappa shape index (κ3) is 3.50. The number of carbonyl (C=O) groups excluding carboxylic acids is 1. The quantitative estimate of drug-likeness (QED) is 0.903. The van der Waals surface area contributed by atoms with Gasteiger partial charge in [0.1, 0.15) is 11.6 Å². The van der Waals surface area contributed by atoms with E-state index in [0.29, 0.717) is 12.5 Å². The van der Waals surface area contributed by atoms with Gasteiger partial charge >= 0.3 is 0 Å². The van der Waals surface area contributed by atoms with Crippen LogP contribution in [0.4, 0.5) is 8.78 Å². The molecule has 3 nitrogen and oxygen atoms in total. The predicted molar refractivity (Wildman–Crippen MR) is 68.4 cm³/mol. The lowest BCUT2D eigenvalue weighted by molar-refractivity contribution is -0.130. The number of halogens is 2. The van der Waals surface area contributed by atoms with Crippen LogP contribution in [0.15, 0.2) is 18.2 Å². The molecule has 1 aliphatic carbocycles. The summed E-state index contributed by atoms with van der Waals surface area (Å²) in [7, 11) is 1.70. The van der Waals surface area contributed by atoms with Gasteiger partial charge in [0.25, 0.3) is 0 Å². The van der Waals surface area contributed by atoms with Crippen molar-refractivity contribution < 1.29 is 13.6 Å². The summed E-state index contributed by atoms with van der Waals surface area (Å²) >= 11 is 0. The van der Waals surface area contributed by atoms with Crippen LogP contribution in [0.25, 0.3) is 0 Å². The number of nitrogens with zero attached hydrogens (tertiary/aromatic N) is 1. The Morgan fingerprint density at radius 2 is 2.11 bits per heavy atom. The van der Waals surface area contributed by atoms with Crippen molar-refractivity contribution in [3.05, 3.63) is 35.4 Å². The normalized spacial score (nSPS) is 21.9. The van der Waals surface area contributed by atoms with E-state index in [4.69, 9.17) is 5.73 Å². The van der Waals surface area contributed by atoms with Gasteiger partial charge in [-0.15, -0.1) is 0 Å². The Labute approximate surface area is 111 Å². The maximum atomic E-state index is 13.4. The topological polar surface area (TPSA) is 46.3 Å². The van der Waals surface area contributed by atoms with Crippen LogP contribution < -0.4 is 5.73 Å². The molecule has 0 bridgehead atoms. The Morgan fingerprint density at radius 1 is 1.42 bits per heavy atom. The summed E-state index contributed by atoms with van der Waals surface area (Å²) in [5.74, 6) is -1.02. The maximum Gasteiger partial charge on any atom is 0.226 e. The number of hydrogen-bond acceptors (Lipinski definition) is 2. The fraction of sp³-hybridized carbons (Fsp3) is 0.500. The minimum atomic E-state index is -0.674. The van der Waals surface area contributed by atoms with Gasteiger partial charge in [-0.3, -0.25) is 4.79 Å². The predicted octanol–water partition coefficient (Wildman–Crippen LogP) is 1.70. The standard InChI is InChI=1S/C14H18F2N2O/c1-18(8-9-4-12(17)5-9)14(19)6-10-2-3-11(15)7-13(10)16/h2-3,7,9,12H,4-6,8,17H2,1H3. The zero-order valence-electron chi connectivity index (χ0n) is 10.9. The van der Waals surface area contributed by atoms with E-state index in [2.05, 4.69) is 0 Å². The van der Waals surface area contributed by atoms with E-state index in [-0.39, 0.29) is 23.9 Å². The van der Waals surface area contributed by atoms with Crippen molar-refractivity contribution in [1.29, 1.82) is 0 Å². The molecule has 2 rings (SSSR count). The largest absolute Gasteiger partial charge is 0.345 e. The van der Waals surface area contributed by atoms with Gasteiger partial charge in [-0.2, -0.15) is 0 Å². The lowest BCUT2D eigenvalue weighted by Gasteiger charge is -2.35. The SMILES string of the molecule is CN(CC1CC(N)C1)C(=O)Cc1ccc(F)cc1F. The molecular weight excluding hydrogens is 250 g/mol. The van der Waals surface area contributed by atoms with Crippen LogP contribution in [-0.2, 0) is 11.2 Å². The molecule has 0 spiro atoms. The van der Waals surface area contributed by atoms with Gasteiger partial charge in [0.15, 0.2) is 0 Å². The number of amides is 1. The monoisotopic (exact) mass is 268 g/mol. The summed E-state index contributed by atoms with van der Waals surface area (Å²) in [5.41, 5.74) is 5.92. The van der Waals surface area contributed by atoms with Crippen molar-refractivity contribution in [2.45, 2.75) is 25.3 Å². The Kier molecular flexibility index (Phi) is 4.14. The molecule has 1 fully saturated rings. The molecule has 0 heterocycles. The lowest BCUT2D eigenvalue weighted by atomic mass is 9.80. The van der Waals surface area contributed by atoms with Crippen LogP contribution in [0.1, 0.15) is 18.4 Å². The summed E-state index contributed by atoms with van der Waals surface area (Å²) in [6, 6.07) is 3.53. The van der Waals surface area contributed by atoms with Gasteiger partial charge in [0.05, 0.1) is 6.42 Å². The fourth-order valence-corrected chi connectivity index (χ4v) is 2.39. The van der Waals surface area contributed by atoms with Crippen molar-refractivity contribution in [2.75, 3.05) is 13.6 Å². The van der Waals surface area contributed by atoms with E-state index in [1.165, 1.54) is 6.07 Å². The van der Waals surface area contributed by atoms with Crippen molar-refractivity contribution in [3.63, 3.8) is 0 Å². The third-order valence-electron chi connectivity index (χ3n) is 3.59. The number of benzene rings is 1. The highest BCUT2D eigenvalue weighted by atomic mass is 19.1. The second-order valence-electron chi connectivity index (χ2n) is 5.28. The Hall–Kier alpha value is -1.49. The van der Waals surface area contributed by atoms with E-state index in [1.807, 2.05) is 0 Å². The van der Waals surface area contributed by atoms with Crippen LogP contribution >= 0.6 is 0 Å². The molecule has 1 saturated carbocycles. The molecular formula is C14H18F2N2O. The minimum Gasteiger partial charge on any atom is -0.345 e. The molecule has 0 saturated heterocycles. The van der Waals surface area contributed by atoms with E-state index >= 15 is 0 Å². The smallest absolute Gasteiger partial charge is 0.226 e. The zero-order valence-corrected chi connectivity index (χ0v) is 10.9. The van der Waals surface area contributed by atoms with Crippen molar-refractivity contribution in [2.24, 2.45) is 11.7 Å². The first-order valence-electron chi connectivity index (χ1n) is 6.39. The summed E-state index contributed by atoms with van der Waals surface area (Å²) in [6.07, 6.45) is 1.83. The van der Waals surface area contributed by atoms with Gasteiger partial charge in [-0.25, -0.2) is 8.78 Å². The van der Waals surface area contributed by atoms with Gasteiger partial charge in [0.2, 0.25) is 5.91 Å². The molecule has 1 aliphatic rings. The van der Waals surface area contributed by atoms with Crippen molar-refractivity contribution in [3.8, 4) is 0 Å². The Balaban J connectivity index is 1.89. The first-order chi connectivity index (χ1) is 8.95. The van der Waals surface area contributed by atoms with Crippen LogP contribution in [0.5, 0.6) is 0 Å². The molecule has 0 unspecified atom stereocenters. The van der Waals surface area contributed by atoms with Gasteiger partial charge < -0.3 is 10.6 Å². The van der Waals surface area contributed by atoms with Crippen LogP contribution in [-0.4, -0.2) is 30.4 Å². The highest BCUT2D eigenvalue weighted by Gasteiger charge is 2.28. The number of rotatable bonds is 4. The number of nitrogens with two attached hydrogens (primary N) is 1. The molecule has 0 aliphatic heterocycles. The van der Waals surface area contributed by atoms with Crippen molar-refractivity contribution in [1.82, 2.24) is 4.90 Å². The zero-order chi connectivity index (χ0) is 14.0. The fourth-order valence-electron chi connectivity index (χ4n) is 2.39. The molecule has 19 heavy (non-hydrogen) atoms. The molecule has 1 aromatic carbocycles. The number of hydrogen-bond donors (Lipinski definition) is 1. The molecule has 0 aromatic heterocycles. The molecule has 5 heteroatoms. The molecule has 104 valence electrons. The first-order valence-corrected chi connectivity index (χ1v) is 6.39. The van der Waals surface area contributed by atoms with E-state index in [0.717, 1.165) is 25.0 Å². The average Bonchev–Trinajstić information content (AvgIpc) is 2.30. The summed E-state index contributed by atoms with van der Waals surface area (Å²) < 4.78 is 26.2. The molecule has 1 amide bonds. The molecule has 0 radical (unpaired) electrons. The van der Waals surface area contributed by atoms with E-state index in [1.54, 1.807) is 11.9 Å². The van der Waals surface area contributed by atoms with Crippen LogP contribution in [0.3, 0.4) is 0 Å². The summed E-state index contributed by atoms with van der Waals surface area (Å²) in [4.78, 5) is 13.5. The number of carbonyl (C=O) groups is 1. The second-order valence-corrected chi connectivity index (χ2v) is 5.28. The molecule has 1 aromatic rings. The van der Waals surface area contributed by atoms with Crippen molar-refractivity contribution >= 4 is 5.91 Å². The highest BCUT2D eigenvalue weighted by Crippen LogP contribution is 2.26. The van der Waals surface area contributed by atoms with Gasteiger partial charge in [0, 0.05) is 25.7 Å². The molecule has 0 atom stereocenters. The average molecular weight is 268 g/mol. The summed E-state index contributed by atoms with van der Waals surface area (Å²) in [5, 5.41) is 0. The maximum absolute atomic E-state index is 13.4. The highest BCUT2D eigenvalue weighted by molar-refractivity contribution is 5.78. The van der Waals surface area contributed by atoms with Gasteiger partial charge in [-0.05, 0) is 30.4 Å². The Morgan fingerprint density at radius 3 is 2.68 bits per heavy atom. The number of likely N-dealkylation sites (N-methyl/N-ethyl adjacent to an activating group) is 1. The second kappa shape index (κ2) is 5.65. The summed E-state index contributed by atoms with van der Waals surface area (Å²) in [6.45, 7) is 0.648. The van der Waals surface area contributed by atoms with E-state index < -0.39 is 11.6 Å². The van der Waals surface area contributed by atoms with Gasteiger partial charge in [-0.1, -0.05) is 6.07 Å². The van der Waals surface area contributed by atoms with E-state index in [9.17, 15) is 13.6 Å².